The molecule has 3 aromatic rings. The van der Waals surface area contributed by atoms with Crippen LogP contribution in [0.15, 0.2) is 72.8 Å². The van der Waals surface area contributed by atoms with Crippen LogP contribution in [-0.4, -0.2) is 0 Å². The minimum atomic E-state index is 0.895. The summed E-state index contributed by atoms with van der Waals surface area (Å²) in [5, 5.41) is 0. The SMILES string of the molecule is CCCc1ccc(N)c(Cc2ccccc2)c1Cc1ccccc1. The molecule has 0 spiro atoms. The van der Waals surface area contributed by atoms with Gasteiger partial charge in [-0.25, -0.2) is 0 Å². The van der Waals surface area contributed by atoms with Crippen LogP contribution in [0.2, 0.25) is 0 Å². The Balaban J connectivity index is 2.03. The molecule has 3 aromatic carbocycles. The van der Waals surface area contributed by atoms with Gasteiger partial charge >= 0.3 is 0 Å². The number of anilines is 1. The molecular weight excluding hydrogens is 290 g/mol. The molecule has 0 radical (unpaired) electrons. The normalized spacial score (nSPS) is 10.7. The minimum Gasteiger partial charge on any atom is -0.398 e. The van der Waals surface area contributed by atoms with Crippen molar-refractivity contribution in [3.05, 3.63) is 101 Å². The lowest BCUT2D eigenvalue weighted by atomic mass is 9.88. The molecule has 0 aromatic heterocycles. The Morgan fingerprint density at radius 1 is 0.667 bits per heavy atom. The van der Waals surface area contributed by atoms with Crippen LogP contribution in [0, 0.1) is 0 Å². The van der Waals surface area contributed by atoms with Crippen molar-refractivity contribution in [1.29, 1.82) is 0 Å². The van der Waals surface area contributed by atoms with Crippen LogP contribution in [0.5, 0.6) is 0 Å². The van der Waals surface area contributed by atoms with Gasteiger partial charge in [-0.3, -0.25) is 0 Å². The highest BCUT2D eigenvalue weighted by molar-refractivity contribution is 5.57. The molecule has 122 valence electrons. The van der Waals surface area contributed by atoms with E-state index in [2.05, 4.69) is 79.7 Å². The predicted octanol–water partition coefficient (Wildman–Crippen LogP) is 5.40. The molecular formula is C23H25N. The Kier molecular flexibility index (Phi) is 5.32. The highest BCUT2D eigenvalue weighted by atomic mass is 14.6. The summed E-state index contributed by atoms with van der Waals surface area (Å²) in [6, 6.07) is 25.6. The van der Waals surface area contributed by atoms with Gasteiger partial charge in [-0.05, 0) is 53.1 Å². The third kappa shape index (κ3) is 3.86. The molecule has 2 N–H and O–H groups in total. The van der Waals surface area contributed by atoms with Crippen molar-refractivity contribution < 1.29 is 0 Å². The number of hydrogen-bond acceptors (Lipinski definition) is 1. The van der Waals surface area contributed by atoms with Crippen LogP contribution < -0.4 is 5.73 Å². The van der Waals surface area contributed by atoms with E-state index in [1.807, 2.05) is 0 Å². The number of nitrogens with two attached hydrogens (primary N) is 1. The van der Waals surface area contributed by atoms with Crippen LogP contribution in [0.3, 0.4) is 0 Å². The van der Waals surface area contributed by atoms with E-state index in [9.17, 15) is 0 Å². The second kappa shape index (κ2) is 7.83. The molecule has 0 saturated heterocycles. The largest absolute Gasteiger partial charge is 0.398 e. The molecule has 0 aliphatic heterocycles. The van der Waals surface area contributed by atoms with E-state index < -0.39 is 0 Å². The zero-order chi connectivity index (χ0) is 16.8. The first kappa shape index (κ1) is 16.3. The summed E-state index contributed by atoms with van der Waals surface area (Å²) in [7, 11) is 0. The zero-order valence-electron chi connectivity index (χ0n) is 14.3. The summed E-state index contributed by atoms with van der Waals surface area (Å²) >= 11 is 0. The van der Waals surface area contributed by atoms with Crippen molar-refractivity contribution >= 4 is 5.69 Å². The third-order valence-electron chi connectivity index (χ3n) is 4.53. The second-order valence-corrected chi connectivity index (χ2v) is 6.35. The first-order valence-corrected chi connectivity index (χ1v) is 8.75. The summed E-state index contributed by atoms with van der Waals surface area (Å²) < 4.78 is 0. The standard InChI is InChI=1S/C23H25N/c1-2-9-20-14-15-23(24)22(17-19-12-7-4-8-13-19)21(20)16-18-10-5-3-6-11-18/h3-8,10-15H,2,9,16-17,24H2,1H3. The lowest BCUT2D eigenvalue weighted by molar-refractivity contribution is 0.896. The number of aryl methyl sites for hydroxylation is 1. The van der Waals surface area contributed by atoms with Crippen molar-refractivity contribution in [2.75, 3.05) is 5.73 Å². The first-order valence-electron chi connectivity index (χ1n) is 8.75. The minimum absolute atomic E-state index is 0.895. The average Bonchev–Trinajstić information content (AvgIpc) is 2.62. The Hall–Kier alpha value is -2.54. The van der Waals surface area contributed by atoms with Gasteiger partial charge < -0.3 is 5.73 Å². The van der Waals surface area contributed by atoms with E-state index in [0.717, 1.165) is 31.4 Å². The highest BCUT2D eigenvalue weighted by Crippen LogP contribution is 2.28. The molecule has 0 amide bonds. The van der Waals surface area contributed by atoms with Gasteiger partial charge in [-0.15, -0.1) is 0 Å². The summed E-state index contributed by atoms with van der Waals surface area (Å²) in [5.74, 6) is 0. The molecule has 0 atom stereocenters. The maximum atomic E-state index is 6.39. The third-order valence-corrected chi connectivity index (χ3v) is 4.53. The van der Waals surface area contributed by atoms with E-state index in [-0.39, 0.29) is 0 Å². The average molecular weight is 315 g/mol. The number of hydrogen-bond donors (Lipinski definition) is 1. The van der Waals surface area contributed by atoms with Crippen molar-refractivity contribution in [3.63, 3.8) is 0 Å². The molecule has 1 nitrogen and oxygen atoms in total. The summed E-state index contributed by atoms with van der Waals surface area (Å²) in [5.41, 5.74) is 14.1. The predicted molar refractivity (Wildman–Crippen MR) is 103 cm³/mol. The lowest BCUT2D eigenvalue weighted by Crippen LogP contribution is -2.06. The molecule has 0 unspecified atom stereocenters. The van der Waals surface area contributed by atoms with Gasteiger partial charge in [0.2, 0.25) is 0 Å². The maximum Gasteiger partial charge on any atom is 0.0353 e. The number of rotatable bonds is 6. The van der Waals surface area contributed by atoms with Crippen LogP contribution in [-0.2, 0) is 19.3 Å². The van der Waals surface area contributed by atoms with Gasteiger partial charge in [0, 0.05) is 5.69 Å². The summed E-state index contributed by atoms with van der Waals surface area (Å²) in [6.45, 7) is 2.24. The van der Waals surface area contributed by atoms with Crippen LogP contribution in [0.1, 0.15) is 41.2 Å². The van der Waals surface area contributed by atoms with Crippen molar-refractivity contribution in [1.82, 2.24) is 0 Å². The number of benzene rings is 3. The zero-order valence-corrected chi connectivity index (χ0v) is 14.3. The fourth-order valence-corrected chi connectivity index (χ4v) is 3.29. The maximum absolute atomic E-state index is 6.39. The molecule has 0 heterocycles. The van der Waals surface area contributed by atoms with Crippen LogP contribution >= 0.6 is 0 Å². The van der Waals surface area contributed by atoms with E-state index in [0.29, 0.717) is 0 Å². The van der Waals surface area contributed by atoms with Gasteiger partial charge in [-0.1, -0.05) is 80.1 Å². The Labute approximate surface area is 145 Å². The van der Waals surface area contributed by atoms with E-state index in [1.165, 1.54) is 27.8 Å². The van der Waals surface area contributed by atoms with Gasteiger partial charge in [0.15, 0.2) is 0 Å². The second-order valence-electron chi connectivity index (χ2n) is 6.35. The van der Waals surface area contributed by atoms with Crippen LogP contribution in [0.4, 0.5) is 5.69 Å². The topological polar surface area (TPSA) is 26.0 Å². The molecule has 1 heteroatoms. The monoisotopic (exact) mass is 315 g/mol. The molecule has 3 rings (SSSR count). The van der Waals surface area contributed by atoms with Gasteiger partial charge in [0.1, 0.15) is 0 Å². The number of nitrogen functional groups attached to an aromatic ring is 1. The fraction of sp³-hybridized carbons (Fsp3) is 0.217. The summed E-state index contributed by atoms with van der Waals surface area (Å²) in [6.07, 6.45) is 4.09. The molecule has 0 aliphatic rings. The molecule has 0 bridgehead atoms. The van der Waals surface area contributed by atoms with E-state index in [4.69, 9.17) is 5.73 Å². The van der Waals surface area contributed by atoms with E-state index in [1.54, 1.807) is 0 Å². The Bertz CT molecular complexity index is 776. The molecule has 24 heavy (non-hydrogen) atoms. The molecule has 0 aliphatic carbocycles. The smallest absolute Gasteiger partial charge is 0.0353 e. The fourth-order valence-electron chi connectivity index (χ4n) is 3.29. The van der Waals surface area contributed by atoms with Gasteiger partial charge in [-0.2, -0.15) is 0 Å². The van der Waals surface area contributed by atoms with Crippen molar-refractivity contribution in [2.45, 2.75) is 32.6 Å². The van der Waals surface area contributed by atoms with Gasteiger partial charge in [0.25, 0.3) is 0 Å². The summed E-state index contributed by atoms with van der Waals surface area (Å²) in [4.78, 5) is 0. The molecule has 0 saturated carbocycles. The van der Waals surface area contributed by atoms with Crippen molar-refractivity contribution in [3.8, 4) is 0 Å². The van der Waals surface area contributed by atoms with Crippen LogP contribution in [0.25, 0.3) is 0 Å². The molecule has 0 fully saturated rings. The Morgan fingerprint density at radius 3 is 1.75 bits per heavy atom. The Morgan fingerprint density at radius 2 is 1.21 bits per heavy atom. The van der Waals surface area contributed by atoms with Crippen molar-refractivity contribution in [2.24, 2.45) is 0 Å². The lowest BCUT2D eigenvalue weighted by Gasteiger charge is -2.18. The van der Waals surface area contributed by atoms with E-state index >= 15 is 0 Å². The van der Waals surface area contributed by atoms with Gasteiger partial charge in [0.05, 0.1) is 0 Å². The quantitative estimate of drug-likeness (QED) is 0.605. The first-order chi connectivity index (χ1) is 11.8. The highest BCUT2D eigenvalue weighted by Gasteiger charge is 2.13.